The van der Waals surface area contributed by atoms with E-state index in [0.717, 1.165) is 5.56 Å². The monoisotopic (exact) mass is 308 g/mol. The first-order chi connectivity index (χ1) is 8.72. The van der Waals surface area contributed by atoms with Crippen LogP contribution in [0.3, 0.4) is 0 Å². The second-order valence-electron chi connectivity index (χ2n) is 3.74. The van der Waals surface area contributed by atoms with Crippen LogP contribution >= 0.6 is 15.9 Å². The number of hydrogen-bond acceptors (Lipinski definition) is 4. The number of aromatic nitrogens is 2. The molecule has 5 nitrogen and oxygen atoms in total. The summed E-state index contributed by atoms with van der Waals surface area (Å²) in [5.41, 5.74) is 6.57. The van der Waals surface area contributed by atoms with Crippen molar-refractivity contribution in [3.8, 4) is 0 Å². The number of nitrogens with one attached hydrogen (secondary N) is 2. The quantitative estimate of drug-likeness (QED) is 0.802. The van der Waals surface area contributed by atoms with Gasteiger partial charge in [0.2, 0.25) is 0 Å². The van der Waals surface area contributed by atoms with Crippen LogP contribution in [0.15, 0.2) is 45.9 Å². The van der Waals surface area contributed by atoms with Crippen molar-refractivity contribution in [2.75, 3.05) is 11.9 Å². The molecule has 0 aliphatic carbocycles. The molecule has 0 aliphatic rings. The van der Waals surface area contributed by atoms with Crippen molar-refractivity contribution in [3.63, 3.8) is 0 Å². The van der Waals surface area contributed by atoms with Crippen LogP contribution in [-0.4, -0.2) is 16.5 Å². The molecule has 0 saturated heterocycles. The number of benzene rings is 1. The van der Waals surface area contributed by atoms with E-state index in [2.05, 4.69) is 31.2 Å². The Morgan fingerprint density at radius 2 is 2.11 bits per heavy atom. The number of aromatic amines is 1. The molecule has 0 bridgehead atoms. The van der Waals surface area contributed by atoms with Gasteiger partial charge in [-0.3, -0.25) is 4.79 Å². The number of rotatable bonds is 4. The third kappa shape index (κ3) is 2.77. The van der Waals surface area contributed by atoms with E-state index < -0.39 is 0 Å². The molecule has 0 amide bonds. The van der Waals surface area contributed by atoms with Crippen molar-refractivity contribution in [1.29, 1.82) is 0 Å². The average Bonchev–Trinajstić information content (AvgIpc) is 2.41. The van der Waals surface area contributed by atoms with Gasteiger partial charge in [0.25, 0.3) is 5.56 Å². The number of halogens is 1. The van der Waals surface area contributed by atoms with E-state index in [0.29, 0.717) is 16.8 Å². The summed E-state index contributed by atoms with van der Waals surface area (Å²) >= 11 is 3.20. The Hall–Kier alpha value is -1.66. The fraction of sp³-hybridized carbons (Fsp3) is 0.167. The van der Waals surface area contributed by atoms with E-state index in [9.17, 15) is 4.79 Å². The SMILES string of the molecule is NCC(Nc1nc[nH]c(=O)c1Br)c1ccccc1. The van der Waals surface area contributed by atoms with Crippen LogP contribution < -0.4 is 16.6 Å². The number of nitrogens with two attached hydrogens (primary N) is 1. The Kier molecular flexibility index (Phi) is 4.11. The summed E-state index contributed by atoms with van der Waals surface area (Å²) in [5.74, 6) is 0.484. The predicted octanol–water partition coefficient (Wildman–Crippen LogP) is 1.64. The molecule has 1 aromatic heterocycles. The molecule has 2 rings (SSSR count). The van der Waals surface area contributed by atoms with Crippen LogP contribution in [-0.2, 0) is 0 Å². The van der Waals surface area contributed by atoms with Gasteiger partial charge < -0.3 is 16.0 Å². The molecule has 18 heavy (non-hydrogen) atoms. The topological polar surface area (TPSA) is 83.8 Å². The molecule has 4 N–H and O–H groups in total. The molecule has 1 unspecified atom stereocenters. The highest BCUT2D eigenvalue weighted by Crippen LogP contribution is 2.20. The van der Waals surface area contributed by atoms with Crippen molar-refractivity contribution in [2.24, 2.45) is 5.73 Å². The molecule has 2 aromatic rings. The third-order valence-electron chi connectivity index (χ3n) is 2.55. The molecule has 0 saturated carbocycles. The van der Waals surface area contributed by atoms with Crippen molar-refractivity contribution in [2.45, 2.75) is 6.04 Å². The van der Waals surface area contributed by atoms with E-state index in [-0.39, 0.29) is 11.6 Å². The zero-order valence-corrected chi connectivity index (χ0v) is 11.1. The molecular formula is C12H13BrN4O. The molecule has 1 atom stereocenters. The van der Waals surface area contributed by atoms with Gasteiger partial charge in [0.1, 0.15) is 10.3 Å². The molecule has 6 heteroatoms. The van der Waals surface area contributed by atoms with Gasteiger partial charge in [-0.1, -0.05) is 30.3 Å². The largest absolute Gasteiger partial charge is 0.361 e. The van der Waals surface area contributed by atoms with Crippen LogP contribution in [0.4, 0.5) is 5.82 Å². The van der Waals surface area contributed by atoms with Crippen LogP contribution in [0.2, 0.25) is 0 Å². The predicted molar refractivity (Wildman–Crippen MR) is 74.4 cm³/mol. The highest BCUT2D eigenvalue weighted by Gasteiger charge is 2.12. The van der Waals surface area contributed by atoms with Gasteiger partial charge in [-0.15, -0.1) is 0 Å². The molecule has 0 fully saturated rings. The lowest BCUT2D eigenvalue weighted by Crippen LogP contribution is -2.22. The highest BCUT2D eigenvalue weighted by molar-refractivity contribution is 9.10. The van der Waals surface area contributed by atoms with Gasteiger partial charge in [-0.25, -0.2) is 4.98 Å². The first-order valence-corrected chi connectivity index (χ1v) is 6.26. The first-order valence-electron chi connectivity index (χ1n) is 5.47. The van der Waals surface area contributed by atoms with E-state index >= 15 is 0 Å². The van der Waals surface area contributed by atoms with Gasteiger partial charge in [0.15, 0.2) is 0 Å². The fourth-order valence-electron chi connectivity index (χ4n) is 1.61. The van der Waals surface area contributed by atoms with Gasteiger partial charge in [0, 0.05) is 6.54 Å². The zero-order chi connectivity index (χ0) is 13.0. The maximum atomic E-state index is 11.4. The summed E-state index contributed by atoms with van der Waals surface area (Å²) in [6.07, 6.45) is 1.36. The zero-order valence-electron chi connectivity index (χ0n) is 9.56. The Morgan fingerprint density at radius 3 is 2.78 bits per heavy atom. The molecule has 94 valence electrons. The number of hydrogen-bond donors (Lipinski definition) is 3. The minimum Gasteiger partial charge on any atom is -0.361 e. The smallest absolute Gasteiger partial charge is 0.267 e. The Balaban J connectivity index is 2.26. The minimum atomic E-state index is -0.226. The van der Waals surface area contributed by atoms with Crippen molar-refractivity contribution >= 4 is 21.7 Å². The van der Waals surface area contributed by atoms with E-state index in [1.165, 1.54) is 6.33 Å². The number of nitrogens with zero attached hydrogens (tertiary/aromatic N) is 1. The normalized spacial score (nSPS) is 12.1. The van der Waals surface area contributed by atoms with Crippen LogP contribution in [0, 0.1) is 0 Å². The Labute approximate surface area is 113 Å². The maximum Gasteiger partial charge on any atom is 0.267 e. The summed E-state index contributed by atoms with van der Waals surface area (Å²) in [6.45, 7) is 0.408. The molecule has 1 aromatic carbocycles. The average molecular weight is 309 g/mol. The molecule has 0 radical (unpaired) electrons. The van der Waals surface area contributed by atoms with Crippen LogP contribution in [0.1, 0.15) is 11.6 Å². The Morgan fingerprint density at radius 1 is 1.39 bits per heavy atom. The van der Waals surface area contributed by atoms with Crippen molar-refractivity contribution in [3.05, 3.63) is 57.0 Å². The summed E-state index contributed by atoms with van der Waals surface area (Å²) in [6, 6.07) is 9.70. The second-order valence-corrected chi connectivity index (χ2v) is 4.53. The number of anilines is 1. The van der Waals surface area contributed by atoms with Crippen molar-refractivity contribution in [1.82, 2.24) is 9.97 Å². The molecular weight excluding hydrogens is 296 g/mol. The first kappa shape index (κ1) is 12.8. The minimum absolute atomic E-state index is 0.0863. The van der Waals surface area contributed by atoms with Gasteiger partial charge >= 0.3 is 0 Å². The van der Waals surface area contributed by atoms with Gasteiger partial charge in [-0.2, -0.15) is 0 Å². The lowest BCUT2D eigenvalue weighted by molar-refractivity contribution is 0.781. The molecule has 1 heterocycles. The van der Waals surface area contributed by atoms with E-state index in [1.807, 2.05) is 30.3 Å². The summed E-state index contributed by atoms with van der Waals surface area (Å²) in [5, 5.41) is 3.15. The maximum absolute atomic E-state index is 11.4. The fourth-order valence-corrected chi connectivity index (χ4v) is 1.94. The lowest BCUT2D eigenvalue weighted by atomic mass is 10.1. The van der Waals surface area contributed by atoms with E-state index in [1.54, 1.807) is 0 Å². The van der Waals surface area contributed by atoms with E-state index in [4.69, 9.17) is 5.73 Å². The summed E-state index contributed by atoms with van der Waals surface area (Å²) in [7, 11) is 0. The standard InChI is InChI=1S/C12H13BrN4O/c13-10-11(15-7-16-12(10)18)17-9(6-14)8-4-2-1-3-5-8/h1-5,7,9H,6,14H2,(H2,15,16,17,18). The van der Waals surface area contributed by atoms with Crippen LogP contribution in [0.25, 0.3) is 0 Å². The van der Waals surface area contributed by atoms with Gasteiger partial charge in [-0.05, 0) is 21.5 Å². The second kappa shape index (κ2) is 5.79. The summed E-state index contributed by atoms with van der Waals surface area (Å²) in [4.78, 5) is 18.0. The lowest BCUT2D eigenvalue weighted by Gasteiger charge is -2.18. The third-order valence-corrected chi connectivity index (χ3v) is 3.28. The molecule has 0 aliphatic heterocycles. The number of H-pyrrole nitrogens is 1. The summed E-state index contributed by atoms with van der Waals surface area (Å²) < 4.78 is 0.374. The Bertz CT molecular complexity index is 570. The van der Waals surface area contributed by atoms with Gasteiger partial charge in [0.05, 0.1) is 12.4 Å². The van der Waals surface area contributed by atoms with Crippen molar-refractivity contribution < 1.29 is 0 Å². The highest BCUT2D eigenvalue weighted by atomic mass is 79.9. The molecule has 0 spiro atoms. The van der Waals surface area contributed by atoms with Crippen LogP contribution in [0.5, 0.6) is 0 Å².